The highest BCUT2D eigenvalue weighted by Crippen LogP contribution is 2.36. The summed E-state index contributed by atoms with van der Waals surface area (Å²) in [6, 6.07) is 46.4. The summed E-state index contributed by atoms with van der Waals surface area (Å²) in [4.78, 5) is 10.5. The molecule has 5 heterocycles. The van der Waals surface area contributed by atoms with Crippen LogP contribution in [0.4, 0.5) is 0 Å². The molecule has 0 spiro atoms. The fourth-order valence-electron chi connectivity index (χ4n) is 7.24. The van der Waals surface area contributed by atoms with Crippen molar-refractivity contribution < 1.29 is 4.42 Å². The number of rotatable bonds is 2. The van der Waals surface area contributed by atoms with Gasteiger partial charge in [-0.3, -0.25) is 17.9 Å². The van der Waals surface area contributed by atoms with Crippen LogP contribution in [0.1, 0.15) is 0 Å². The lowest BCUT2D eigenvalue weighted by Gasteiger charge is -2.05. The molecule has 0 radical (unpaired) electrons. The van der Waals surface area contributed by atoms with E-state index in [0.29, 0.717) is 0 Å². The molecular formula is C38H22N6O. The van der Waals surface area contributed by atoms with Crippen LogP contribution in [0.25, 0.3) is 89.0 Å². The van der Waals surface area contributed by atoms with E-state index in [1.54, 1.807) is 0 Å². The van der Waals surface area contributed by atoms with Gasteiger partial charge in [0.25, 0.3) is 0 Å². The number of aromatic nitrogens is 6. The molecule has 0 aliphatic heterocycles. The third-order valence-corrected chi connectivity index (χ3v) is 9.15. The van der Waals surface area contributed by atoms with Gasteiger partial charge >= 0.3 is 0 Å². The lowest BCUT2D eigenvalue weighted by Crippen LogP contribution is -1.94. The fourth-order valence-corrected chi connectivity index (χ4v) is 7.24. The Morgan fingerprint density at radius 3 is 1.60 bits per heavy atom. The summed E-state index contributed by atoms with van der Waals surface area (Å²) in [6.07, 6.45) is 0. The molecule has 210 valence electrons. The normalized spacial score (nSPS) is 12.4. The lowest BCUT2D eigenvalue weighted by molar-refractivity contribution is 0.669. The third-order valence-electron chi connectivity index (χ3n) is 9.15. The Balaban J connectivity index is 1.23. The molecule has 0 atom stereocenters. The number of para-hydroxylation sites is 6. The van der Waals surface area contributed by atoms with Crippen LogP contribution in [0, 0.1) is 0 Å². The Labute approximate surface area is 254 Å². The van der Waals surface area contributed by atoms with Crippen LogP contribution in [0.3, 0.4) is 0 Å². The molecule has 0 unspecified atom stereocenters. The average Bonchev–Trinajstić information content (AvgIpc) is 3.87. The third kappa shape index (κ3) is 2.94. The number of hydrogen-bond donors (Lipinski definition) is 0. The van der Waals surface area contributed by atoms with Crippen LogP contribution in [-0.2, 0) is 0 Å². The maximum Gasteiger partial charge on any atom is 0.220 e. The summed E-state index contributed by atoms with van der Waals surface area (Å²) >= 11 is 0. The molecule has 0 amide bonds. The summed E-state index contributed by atoms with van der Waals surface area (Å²) < 4.78 is 15.1. The van der Waals surface area contributed by atoms with Crippen molar-refractivity contribution in [2.24, 2.45) is 0 Å². The van der Waals surface area contributed by atoms with Gasteiger partial charge < -0.3 is 4.42 Å². The summed E-state index contributed by atoms with van der Waals surface area (Å²) in [5, 5.41) is 2.20. The van der Waals surface area contributed by atoms with E-state index in [9.17, 15) is 0 Å². The van der Waals surface area contributed by atoms with E-state index in [0.717, 1.165) is 89.0 Å². The molecular weight excluding hydrogens is 556 g/mol. The minimum Gasteiger partial charge on any atom is -0.456 e. The Morgan fingerprint density at radius 1 is 0.400 bits per heavy atom. The number of imidazole rings is 4. The minimum absolute atomic E-state index is 0.860. The molecule has 11 rings (SSSR count). The van der Waals surface area contributed by atoms with E-state index in [1.807, 2.05) is 18.2 Å². The van der Waals surface area contributed by atoms with Gasteiger partial charge in [-0.1, -0.05) is 60.7 Å². The van der Waals surface area contributed by atoms with Gasteiger partial charge in [-0.05, 0) is 72.8 Å². The number of benzene rings is 6. The van der Waals surface area contributed by atoms with Crippen LogP contribution in [0.2, 0.25) is 0 Å². The number of hydrogen-bond acceptors (Lipinski definition) is 3. The van der Waals surface area contributed by atoms with Crippen LogP contribution in [-0.4, -0.2) is 27.9 Å². The van der Waals surface area contributed by atoms with Crippen molar-refractivity contribution in [2.75, 3.05) is 0 Å². The Hall–Kier alpha value is -6.34. The molecule has 0 fully saturated rings. The van der Waals surface area contributed by atoms with Gasteiger partial charge in [0.1, 0.15) is 11.2 Å². The van der Waals surface area contributed by atoms with Gasteiger partial charge in [-0.2, -0.15) is 0 Å². The number of nitrogens with zero attached hydrogens (tertiary/aromatic N) is 6. The van der Waals surface area contributed by atoms with Crippen molar-refractivity contribution in [1.29, 1.82) is 0 Å². The molecule has 0 saturated carbocycles. The highest BCUT2D eigenvalue weighted by Gasteiger charge is 2.22. The fraction of sp³-hybridized carbons (Fsp3) is 0. The summed E-state index contributed by atoms with van der Waals surface area (Å²) in [5.74, 6) is 1.74. The summed E-state index contributed by atoms with van der Waals surface area (Å²) in [7, 11) is 0. The number of furan rings is 1. The van der Waals surface area contributed by atoms with E-state index < -0.39 is 0 Å². The highest BCUT2D eigenvalue weighted by atomic mass is 16.3. The second kappa shape index (κ2) is 8.18. The zero-order valence-corrected chi connectivity index (χ0v) is 23.8. The van der Waals surface area contributed by atoms with E-state index >= 15 is 0 Å². The second-order valence-corrected chi connectivity index (χ2v) is 11.6. The molecule has 0 bridgehead atoms. The quantitative estimate of drug-likeness (QED) is 0.206. The summed E-state index contributed by atoms with van der Waals surface area (Å²) in [5.41, 5.74) is 12.2. The predicted octanol–water partition coefficient (Wildman–Crippen LogP) is 9.08. The first-order valence-corrected chi connectivity index (χ1v) is 15.0. The smallest absolute Gasteiger partial charge is 0.220 e. The van der Waals surface area contributed by atoms with E-state index in [1.165, 1.54) is 0 Å². The number of fused-ring (bicyclic) bond motifs is 13. The molecule has 0 aliphatic rings. The highest BCUT2D eigenvalue weighted by molar-refractivity contribution is 6.06. The largest absolute Gasteiger partial charge is 0.456 e. The monoisotopic (exact) mass is 578 g/mol. The van der Waals surface area contributed by atoms with Crippen LogP contribution in [0.15, 0.2) is 138 Å². The molecule has 11 aromatic rings. The first-order valence-electron chi connectivity index (χ1n) is 15.0. The lowest BCUT2D eigenvalue weighted by atomic mass is 10.1. The molecule has 5 aromatic heterocycles. The van der Waals surface area contributed by atoms with E-state index in [2.05, 4.69) is 133 Å². The van der Waals surface area contributed by atoms with Crippen molar-refractivity contribution in [3.8, 4) is 11.4 Å². The standard InChI is InChI=1S/C38H22N6O/c1-2-10-23(11-3-1)41-29-13-5-7-15-31(29)43-33-22-28-34(21-27(33)39-37(41)43)44-32-16-8-6-14-30(32)42(38(44)40-28)24-18-19-36-26(20-24)25-12-4-9-17-35(25)45-36/h1-22H. The maximum atomic E-state index is 6.14. The molecule has 7 heteroatoms. The summed E-state index contributed by atoms with van der Waals surface area (Å²) in [6.45, 7) is 0. The van der Waals surface area contributed by atoms with Gasteiger partial charge in [0, 0.05) is 16.5 Å². The van der Waals surface area contributed by atoms with Crippen LogP contribution >= 0.6 is 0 Å². The van der Waals surface area contributed by atoms with Crippen LogP contribution in [0.5, 0.6) is 0 Å². The zero-order chi connectivity index (χ0) is 29.2. The second-order valence-electron chi connectivity index (χ2n) is 11.6. The molecule has 7 nitrogen and oxygen atoms in total. The van der Waals surface area contributed by atoms with E-state index in [4.69, 9.17) is 14.4 Å². The molecule has 0 N–H and O–H groups in total. The van der Waals surface area contributed by atoms with Gasteiger partial charge in [-0.25, -0.2) is 9.97 Å². The van der Waals surface area contributed by atoms with E-state index in [-0.39, 0.29) is 0 Å². The van der Waals surface area contributed by atoms with Crippen molar-refractivity contribution >= 4 is 77.6 Å². The first-order chi connectivity index (χ1) is 22.3. The zero-order valence-electron chi connectivity index (χ0n) is 23.8. The first kappa shape index (κ1) is 23.2. The molecule has 45 heavy (non-hydrogen) atoms. The van der Waals surface area contributed by atoms with Gasteiger partial charge in [-0.15, -0.1) is 0 Å². The van der Waals surface area contributed by atoms with Gasteiger partial charge in [0.15, 0.2) is 0 Å². The average molecular weight is 579 g/mol. The van der Waals surface area contributed by atoms with Crippen molar-refractivity contribution in [2.45, 2.75) is 0 Å². The molecule has 0 aliphatic carbocycles. The minimum atomic E-state index is 0.860. The predicted molar refractivity (Wildman–Crippen MR) is 180 cm³/mol. The maximum absolute atomic E-state index is 6.14. The van der Waals surface area contributed by atoms with Gasteiger partial charge in [0.05, 0.1) is 49.8 Å². The van der Waals surface area contributed by atoms with Gasteiger partial charge in [0.2, 0.25) is 11.6 Å². The Morgan fingerprint density at radius 2 is 0.933 bits per heavy atom. The Kier molecular flexibility index (Phi) is 4.21. The van der Waals surface area contributed by atoms with Crippen molar-refractivity contribution in [3.05, 3.63) is 133 Å². The molecule has 0 saturated heterocycles. The molecule has 6 aromatic carbocycles. The van der Waals surface area contributed by atoms with Crippen molar-refractivity contribution in [3.63, 3.8) is 0 Å². The topological polar surface area (TPSA) is 57.6 Å². The Bertz CT molecular complexity index is 2990. The van der Waals surface area contributed by atoms with Crippen molar-refractivity contribution in [1.82, 2.24) is 27.9 Å². The van der Waals surface area contributed by atoms with Crippen LogP contribution < -0.4 is 0 Å². The SMILES string of the molecule is c1ccc(-n2c3ccccc3n3c4cc5nc6n(-c7ccc8oc9ccccc9c8c7)c7ccccc7n6c5cc4nc23)cc1.